The van der Waals surface area contributed by atoms with Crippen LogP contribution in [0.4, 0.5) is 20.2 Å². The van der Waals surface area contributed by atoms with Gasteiger partial charge in [0.25, 0.3) is 0 Å². The van der Waals surface area contributed by atoms with Crippen LogP contribution in [0.2, 0.25) is 0 Å². The van der Waals surface area contributed by atoms with E-state index in [2.05, 4.69) is 25.0 Å². The number of aromatic nitrogens is 6. The van der Waals surface area contributed by atoms with E-state index in [1.807, 2.05) is 69.3 Å². The first-order valence-electron chi connectivity index (χ1n) is 19.0. The Morgan fingerprint density at radius 1 is 0.930 bits per heavy atom. The maximum Gasteiger partial charge on any atom is 0.350 e. The quantitative estimate of drug-likeness (QED) is 0.155. The summed E-state index contributed by atoms with van der Waals surface area (Å²) >= 11 is 0. The van der Waals surface area contributed by atoms with Crippen molar-refractivity contribution in [1.29, 1.82) is 0 Å². The summed E-state index contributed by atoms with van der Waals surface area (Å²) in [5.41, 5.74) is 8.43. The molecule has 0 bridgehead atoms. The number of hydrogen-bond acceptors (Lipinski definition) is 11. The van der Waals surface area contributed by atoms with Gasteiger partial charge in [0.2, 0.25) is 5.79 Å². The van der Waals surface area contributed by atoms with Crippen LogP contribution in [0.15, 0.2) is 90.5 Å². The molecule has 3 aromatic carbocycles. The average Bonchev–Trinajstić information content (AvgIpc) is 3.98. The highest BCUT2D eigenvalue weighted by molar-refractivity contribution is 5.73. The smallest absolute Gasteiger partial charge is 0.350 e. The van der Waals surface area contributed by atoms with E-state index >= 15 is 0 Å². The van der Waals surface area contributed by atoms with Gasteiger partial charge >= 0.3 is 11.7 Å². The van der Waals surface area contributed by atoms with Gasteiger partial charge in [-0.2, -0.15) is 10.2 Å². The number of carboxylic acid groups (broad SMARTS) is 1. The zero-order chi connectivity index (χ0) is 40.3. The molecular formula is C40H47F2N9O6. The molecule has 17 heteroatoms. The summed E-state index contributed by atoms with van der Waals surface area (Å²) in [6, 6.07) is 17.8. The van der Waals surface area contributed by atoms with Gasteiger partial charge in [0, 0.05) is 49.2 Å². The van der Waals surface area contributed by atoms with E-state index in [1.54, 1.807) is 0 Å². The Labute approximate surface area is 328 Å². The van der Waals surface area contributed by atoms with Crippen LogP contribution in [0.25, 0.3) is 5.69 Å². The molecule has 4 heterocycles. The fourth-order valence-electron chi connectivity index (χ4n) is 7.46. The van der Waals surface area contributed by atoms with Gasteiger partial charge in [-0.15, -0.1) is 0 Å². The Bertz CT molecular complexity index is 2170. The molecule has 2 aliphatic rings. The van der Waals surface area contributed by atoms with E-state index < -0.39 is 35.5 Å². The molecule has 0 spiro atoms. The lowest BCUT2D eigenvalue weighted by molar-refractivity contribution is -0.192. The summed E-state index contributed by atoms with van der Waals surface area (Å²) in [6.07, 6.45) is 4.37. The summed E-state index contributed by atoms with van der Waals surface area (Å²) < 4.78 is 51.4. The van der Waals surface area contributed by atoms with Gasteiger partial charge in [-0.05, 0) is 85.8 Å². The van der Waals surface area contributed by atoms with E-state index in [9.17, 15) is 23.5 Å². The number of anilines is 2. The number of carbonyl (C=O) groups is 1. The first-order chi connectivity index (χ1) is 27.4. The summed E-state index contributed by atoms with van der Waals surface area (Å²) in [5, 5.41) is 17.7. The molecule has 6 atom stereocenters. The van der Waals surface area contributed by atoms with Crippen molar-refractivity contribution in [2.45, 2.75) is 57.7 Å². The lowest BCUT2D eigenvalue weighted by Gasteiger charge is -2.37. The van der Waals surface area contributed by atoms with Gasteiger partial charge in [0.15, 0.2) is 0 Å². The highest BCUT2D eigenvalue weighted by atomic mass is 19.1. The van der Waals surface area contributed by atoms with Crippen LogP contribution in [0.3, 0.4) is 0 Å². The first kappa shape index (κ1) is 39.6. The van der Waals surface area contributed by atoms with Gasteiger partial charge in [-0.25, -0.2) is 32.5 Å². The SMILES string of the molecule is CC(CC(C)[C@H](N)C(=O)O)C(C)n1ncn(-c2ccc(N3CCN(c4ccc(OCC5COC(Cn6cncn6)(c6ccc(F)cc6F)O5)cc4)CC3)cc2)c1=O. The number of carboxylic acids is 1. The summed E-state index contributed by atoms with van der Waals surface area (Å²) in [7, 11) is 0. The van der Waals surface area contributed by atoms with Gasteiger partial charge in [0.1, 0.15) is 61.7 Å². The van der Waals surface area contributed by atoms with E-state index in [0.29, 0.717) is 17.9 Å². The molecule has 5 aromatic rings. The minimum Gasteiger partial charge on any atom is -0.491 e. The minimum atomic E-state index is -1.53. The van der Waals surface area contributed by atoms with Crippen LogP contribution in [-0.2, 0) is 26.6 Å². The van der Waals surface area contributed by atoms with Crippen LogP contribution in [0.5, 0.6) is 5.75 Å². The summed E-state index contributed by atoms with van der Waals surface area (Å²) in [5.74, 6) is -3.67. The maximum absolute atomic E-state index is 14.9. The molecule has 2 saturated heterocycles. The molecular weight excluding hydrogens is 740 g/mol. The first-order valence-corrected chi connectivity index (χ1v) is 19.0. The molecule has 0 amide bonds. The molecule has 0 saturated carbocycles. The molecule has 302 valence electrons. The van der Waals surface area contributed by atoms with Crippen molar-refractivity contribution in [3.63, 3.8) is 0 Å². The van der Waals surface area contributed by atoms with Gasteiger partial charge in [-0.1, -0.05) is 13.8 Å². The number of piperazine rings is 1. The third-order valence-corrected chi connectivity index (χ3v) is 11.0. The molecule has 5 unspecified atom stereocenters. The van der Waals surface area contributed by atoms with Gasteiger partial charge < -0.3 is 34.9 Å². The van der Waals surface area contributed by atoms with Crippen molar-refractivity contribution in [3.05, 3.63) is 113 Å². The number of nitrogens with zero attached hydrogens (tertiary/aromatic N) is 8. The molecule has 2 aliphatic heterocycles. The summed E-state index contributed by atoms with van der Waals surface area (Å²) in [6.45, 7) is 9.21. The standard InChI is InChI=1S/C40H47F2N9O6/c1-26(18-27(2)37(43)38(52)53)28(3)51-39(54)50(25-46-51)32-7-5-30(6-8-32)47-14-16-48(17-15-47)31-9-11-33(12-10-31)55-20-34-21-56-40(57-34,22-49-24-44-23-45-49)35-13-4-29(41)19-36(35)42/h4-13,19,23-28,34,37H,14-18,20-22,43H2,1-3H3,(H,52,53)/t26?,27?,28?,34?,37-,40?/m0/s1. The Morgan fingerprint density at radius 2 is 1.58 bits per heavy atom. The van der Waals surface area contributed by atoms with Gasteiger partial charge in [-0.3, -0.25) is 4.79 Å². The molecule has 2 aromatic heterocycles. The topological polar surface area (TPSA) is 168 Å². The normalized spacial score (nSPS) is 20.6. The largest absolute Gasteiger partial charge is 0.491 e. The Hall–Kier alpha value is -5.65. The predicted molar refractivity (Wildman–Crippen MR) is 206 cm³/mol. The number of benzene rings is 3. The molecule has 2 fully saturated rings. The fourth-order valence-corrected chi connectivity index (χ4v) is 7.46. The van der Waals surface area contributed by atoms with Crippen molar-refractivity contribution in [3.8, 4) is 11.4 Å². The van der Waals surface area contributed by atoms with Crippen molar-refractivity contribution in [1.82, 2.24) is 29.1 Å². The number of halogens is 2. The molecule has 57 heavy (non-hydrogen) atoms. The van der Waals surface area contributed by atoms with E-state index in [-0.39, 0.29) is 48.9 Å². The number of ether oxygens (including phenoxy) is 3. The Morgan fingerprint density at radius 3 is 2.19 bits per heavy atom. The second-order valence-electron chi connectivity index (χ2n) is 14.8. The van der Waals surface area contributed by atoms with Crippen LogP contribution < -0.4 is 26.0 Å². The van der Waals surface area contributed by atoms with Crippen molar-refractivity contribution in [2.75, 3.05) is 49.2 Å². The van der Waals surface area contributed by atoms with Crippen LogP contribution in [0.1, 0.15) is 38.8 Å². The zero-order valence-electron chi connectivity index (χ0n) is 32.0. The molecule has 0 radical (unpaired) electrons. The highest BCUT2D eigenvalue weighted by Gasteiger charge is 2.46. The van der Waals surface area contributed by atoms with Crippen LogP contribution >= 0.6 is 0 Å². The Balaban J connectivity index is 0.902. The maximum atomic E-state index is 14.9. The van der Waals surface area contributed by atoms with Gasteiger partial charge in [0.05, 0.1) is 18.3 Å². The monoisotopic (exact) mass is 787 g/mol. The molecule has 3 N–H and O–H groups in total. The fraction of sp³-hybridized carbons (Fsp3) is 0.425. The third kappa shape index (κ3) is 8.69. The van der Waals surface area contributed by atoms with Crippen LogP contribution in [-0.4, -0.2) is 91.7 Å². The average molecular weight is 788 g/mol. The van der Waals surface area contributed by atoms with E-state index in [1.165, 1.54) is 39.0 Å². The van der Waals surface area contributed by atoms with Crippen molar-refractivity contribution >= 4 is 17.3 Å². The number of hydrogen-bond donors (Lipinski definition) is 2. The number of nitrogens with two attached hydrogens (primary N) is 1. The lowest BCUT2D eigenvalue weighted by Crippen LogP contribution is -2.46. The second-order valence-corrected chi connectivity index (χ2v) is 14.8. The lowest BCUT2D eigenvalue weighted by atomic mass is 9.88. The van der Waals surface area contributed by atoms with Crippen molar-refractivity contribution < 1.29 is 32.9 Å². The van der Waals surface area contributed by atoms with Crippen LogP contribution in [0, 0.1) is 23.5 Å². The van der Waals surface area contributed by atoms with Crippen molar-refractivity contribution in [2.24, 2.45) is 17.6 Å². The zero-order valence-corrected chi connectivity index (χ0v) is 32.0. The highest BCUT2D eigenvalue weighted by Crippen LogP contribution is 2.38. The predicted octanol–water partition coefficient (Wildman–Crippen LogP) is 4.21. The molecule has 0 aliphatic carbocycles. The summed E-state index contributed by atoms with van der Waals surface area (Å²) in [4.78, 5) is 33.2. The Kier molecular flexibility index (Phi) is 11.7. The number of rotatable bonds is 15. The van der Waals surface area contributed by atoms with E-state index in [4.69, 9.17) is 19.9 Å². The second kappa shape index (κ2) is 16.8. The molecule has 7 rings (SSSR count). The number of aliphatic carboxylic acids is 1. The minimum absolute atomic E-state index is 0.0170. The third-order valence-electron chi connectivity index (χ3n) is 11.0. The van der Waals surface area contributed by atoms with E-state index in [0.717, 1.165) is 49.7 Å². The molecule has 15 nitrogen and oxygen atoms in total.